The summed E-state index contributed by atoms with van der Waals surface area (Å²) in [6.07, 6.45) is -0.420. The highest BCUT2D eigenvalue weighted by atomic mass is 16.6. The number of rotatable bonds is 4. The van der Waals surface area contributed by atoms with Gasteiger partial charge in [0.2, 0.25) is 0 Å². The minimum Gasteiger partial charge on any atom is -0.457 e. The maximum Gasteiger partial charge on any atom is 0.293 e. The molecule has 2 rings (SSSR count). The predicted octanol–water partition coefficient (Wildman–Crippen LogP) is 0.847. The van der Waals surface area contributed by atoms with Crippen molar-refractivity contribution in [2.24, 2.45) is 0 Å². The number of carbonyl (C=O) groups excluding carboxylic acids is 1. The second-order valence-corrected chi connectivity index (χ2v) is 3.37. The Morgan fingerprint density at radius 3 is 2.87 bits per heavy atom. The third-order valence-corrected chi connectivity index (χ3v) is 2.41. The summed E-state index contributed by atoms with van der Waals surface area (Å²) < 4.78 is 10.5. The minimum absolute atomic E-state index is 0.0994. The van der Waals surface area contributed by atoms with Gasteiger partial charge < -0.3 is 9.47 Å². The SMILES string of the molecule is O=COC(c1ccccc1)C1CNCO1. The van der Waals surface area contributed by atoms with Crippen LogP contribution in [-0.4, -0.2) is 25.9 Å². The smallest absolute Gasteiger partial charge is 0.293 e. The Balaban J connectivity index is 2.15. The molecule has 0 bridgehead atoms. The Morgan fingerprint density at radius 1 is 1.47 bits per heavy atom. The fourth-order valence-electron chi connectivity index (χ4n) is 1.70. The molecule has 2 atom stereocenters. The summed E-state index contributed by atoms with van der Waals surface area (Å²) in [7, 11) is 0. The predicted molar refractivity (Wildman–Crippen MR) is 54.1 cm³/mol. The Bertz CT molecular complexity index is 309. The van der Waals surface area contributed by atoms with Crippen molar-refractivity contribution in [2.75, 3.05) is 13.3 Å². The van der Waals surface area contributed by atoms with E-state index in [1.165, 1.54) is 0 Å². The zero-order valence-corrected chi connectivity index (χ0v) is 8.26. The van der Waals surface area contributed by atoms with Crippen LogP contribution in [0.3, 0.4) is 0 Å². The lowest BCUT2D eigenvalue weighted by atomic mass is 10.0. The standard InChI is InChI=1S/C11H13NO3/c13-8-15-11(10-6-12-7-14-10)9-4-2-1-3-5-9/h1-5,8,10-12H,6-7H2. The van der Waals surface area contributed by atoms with E-state index in [1.54, 1.807) is 0 Å². The molecule has 80 valence electrons. The van der Waals surface area contributed by atoms with Crippen LogP contribution in [0, 0.1) is 0 Å². The first-order valence-electron chi connectivity index (χ1n) is 4.88. The number of benzene rings is 1. The number of hydrogen-bond acceptors (Lipinski definition) is 4. The highest BCUT2D eigenvalue weighted by molar-refractivity contribution is 5.39. The molecule has 0 saturated carbocycles. The molecule has 0 aliphatic carbocycles. The molecule has 0 amide bonds. The van der Waals surface area contributed by atoms with Gasteiger partial charge >= 0.3 is 0 Å². The van der Waals surface area contributed by atoms with Gasteiger partial charge in [-0.15, -0.1) is 0 Å². The first-order valence-corrected chi connectivity index (χ1v) is 4.88. The van der Waals surface area contributed by atoms with Crippen LogP contribution < -0.4 is 5.32 Å². The summed E-state index contributed by atoms with van der Waals surface area (Å²) in [6.45, 7) is 1.68. The van der Waals surface area contributed by atoms with Crippen molar-refractivity contribution in [3.63, 3.8) is 0 Å². The van der Waals surface area contributed by atoms with Gasteiger partial charge in [0.15, 0.2) is 6.10 Å². The van der Waals surface area contributed by atoms with Gasteiger partial charge in [0.25, 0.3) is 6.47 Å². The average molecular weight is 207 g/mol. The summed E-state index contributed by atoms with van der Waals surface area (Å²) >= 11 is 0. The van der Waals surface area contributed by atoms with Crippen molar-refractivity contribution in [1.82, 2.24) is 5.32 Å². The van der Waals surface area contributed by atoms with Crippen molar-refractivity contribution in [1.29, 1.82) is 0 Å². The van der Waals surface area contributed by atoms with E-state index in [0.29, 0.717) is 19.7 Å². The van der Waals surface area contributed by atoms with Crippen LogP contribution in [-0.2, 0) is 14.3 Å². The van der Waals surface area contributed by atoms with Crippen LogP contribution >= 0.6 is 0 Å². The summed E-state index contributed by atoms with van der Waals surface area (Å²) in [6, 6.07) is 9.61. The molecule has 0 radical (unpaired) electrons. The molecule has 0 spiro atoms. The molecule has 2 unspecified atom stereocenters. The number of nitrogens with one attached hydrogen (secondary N) is 1. The fourth-order valence-corrected chi connectivity index (χ4v) is 1.70. The van der Waals surface area contributed by atoms with Crippen LogP contribution in [0.25, 0.3) is 0 Å². The highest BCUT2D eigenvalue weighted by Crippen LogP contribution is 2.23. The van der Waals surface area contributed by atoms with Gasteiger partial charge in [-0.25, -0.2) is 0 Å². The largest absolute Gasteiger partial charge is 0.457 e. The average Bonchev–Trinajstić information content (AvgIpc) is 2.80. The highest BCUT2D eigenvalue weighted by Gasteiger charge is 2.28. The van der Waals surface area contributed by atoms with Crippen LogP contribution in [0.5, 0.6) is 0 Å². The van der Waals surface area contributed by atoms with E-state index in [2.05, 4.69) is 5.32 Å². The topological polar surface area (TPSA) is 47.6 Å². The van der Waals surface area contributed by atoms with Crippen molar-refractivity contribution in [2.45, 2.75) is 12.2 Å². The lowest BCUT2D eigenvalue weighted by Crippen LogP contribution is -2.24. The lowest BCUT2D eigenvalue weighted by molar-refractivity contribution is -0.140. The minimum atomic E-state index is -0.321. The van der Waals surface area contributed by atoms with Gasteiger partial charge in [-0.05, 0) is 5.56 Å². The van der Waals surface area contributed by atoms with Crippen LogP contribution in [0.2, 0.25) is 0 Å². The third kappa shape index (κ3) is 2.34. The summed E-state index contributed by atoms with van der Waals surface area (Å²) in [5.74, 6) is 0. The fraction of sp³-hybridized carbons (Fsp3) is 0.364. The lowest BCUT2D eigenvalue weighted by Gasteiger charge is -2.20. The van der Waals surface area contributed by atoms with Crippen molar-refractivity contribution >= 4 is 6.47 Å². The molecule has 15 heavy (non-hydrogen) atoms. The molecule has 0 aromatic heterocycles. The van der Waals surface area contributed by atoms with Crippen molar-refractivity contribution < 1.29 is 14.3 Å². The monoisotopic (exact) mass is 207 g/mol. The van der Waals surface area contributed by atoms with Gasteiger partial charge in [-0.3, -0.25) is 10.1 Å². The van der Waals surface area contributed by atoms with E-state index in [0.717, 1.165) is 5.56 Å². The third-order valence-electron chi connectivity index (χ3n) is 2.41. The Kier molecular flexibility index (Phi) is 3.32. The van der Waals surface area contributed by atoms with E-state index in [-0.39, 0.29) is 12.2 Å². The summed E-state index contributed by atoms with van der Waals surface area (Å²) in [5.41, 5.74) is 0.957. The zero-order chi connectivity index (χ0) is 10.5. The molecule has 1 saturated heterocycles. The molecule has 4 heteroatoms. The first-order chi connectivity index (χ1) is 7.42. The van der Waals surface area contributed by atoms with Gasteiger partial charge in [0.05, 0.1) is 6.73 Å². The summed E-state index contributed by atoms with van der Waals surface area (Å²) in [5, 5.41) is 3.06. The normalized spacial score (nSPS) is 22.3. The molecule has 4 nitrogen and oxygen atoms in total. The quantitative estimate of drug-likeness (QED) is 0.743. The van der Waals surface area contributed by atoms with E-state index >= 15 is 0 Å². The molecular weight excluding hydrogens is 194 g/mol. The molecule has 1 aromatic rings. The van der Waals surface area contributed by atoms with Crippen LogP contribution in [0.4, 0.5) is 0 Å². The molecule has 1 fully saturated rings. The van der Waals surface area contributed by atoms with Crippen molar-refractivity contribution in [3.05, 3.63) is 35.9 Å². The van der Waals surface area contributed by atoms with Crippen LogP contribution in [0.15, 0.2) is 30.3 Å². The molecular formula is C11H13NO3. The molecule has 1 aromatic carbocycles. The van der Waals surface area contributed by atoms with E-state index < -0.39 is 0 Å². The van der Waals surface area contributed by atoms with Crippen molar-refractivity contribution in [3.8, 4) is 0 Å². The van der Waals surface area contributed by atoms with E-state index in [1.807, 2.05) is 30.3 Å². The van der Waals surface area contributed by atoms with Gasteiger partial charge in [0.1, 0.15) is 6.10 Å². The number of carbonyl (C=O) groups is 1. The maximum absolute atomic E-state index is 10.4. The summed E-state index contributed by atoms with van der Waals surface area (Å²) in [4.78, 5) is 10.4. The Labute approximate surface area is 88.2 Å². The molecule has 1 N–H and O–H groups in total. The van der Waals surface area contributed by atoms with E-state index in [9.17, 15) is 4.79 Å². The molecule has 1 heterocycles. The maximum atomic E-state index is 10.4. The second kappa shape index (κ2) is 4.91. The molecule has 1 aliphatic heterocycles. The van der Waals surface area contributed by atoms with Crippen LogP contribution in [0.1, 0.15) is 11.7 Å². The Morgan fingerprint density at radius 2 is 2.27 bits per heavy atom. The second-order valence-electron chi connectivity index (χ2n) is 3.37. The number of hydrogen-bond donors (Lipinski definition) is 1. The van der Waals surface area contributed by atoms with Gasteiger partial charge in [0, 0.05) is 6.54 Å². The number of ether oxygens (including phenoxy) is 2. The van der Waals surface area contributed by atoms with Gasteiger partial charge in [-0.2, -0.15) is 0 Å². The molecule has 1 aliphatic rings. The first kappa shape index (κ1) is 10.1. The zero-order valence-electron chi connectivity index (χ0n) is 8.26. The Hall–Kier alpha value is -1.39. The van der Waals surface area contributed by atoms with Gasteiger partial charge in [-0.1, -0.05) is 30.3 Å². The van der Waals surface area contributed by atoms with E-state index in [4.69, 9.17) is 9.47 Å².